The molecule has 5 heteroatoms. The summed E-state index contributed by atoms with van der Waals surface area (Å²) in [6.07, 6.45) is 1.03. The van der Waals surface area contributed by atoms with Gasteiger partial charge in [0.1, 0.15) is 6.54 Å². The summed E-state index contributed by atoms with van der Waals surface area (Å²) in [5.41, 5.74) is 4.81. The summed E-state index contributed by atoms with van der Waals surface area (Å²) in [5, 5.41) is 12.9. The van der Waals surface area contributed by atoms with Gasteiger partial charge in [0.05, 0.1) is 23.5 Å². The molecule has 0 saturated heterocycles. The number of benzene rings is 2. The third kappa shape index (κ3) is 4.37. The molecule has 2 aromatic carbocycles. The van der Waals surface area contributed by atoms with Crippen molar-refractivity contribution >= 4 is 16.9 Å². The van der Waals surface area contributed by atoms with Gasteiger partial charge in [-0.3, -0.25) is 4.79 Å². The molecule has 1 aromatic heterocycles. The van der Waals surface area contributed by atoms with Gasteiger partial charge in [-0.05, 0) is 29.5 Å². The molecule has 5 nitrogen and oxygen atoms in total. The predicted octanol–water partition coefficient (Wildman–Crippen LogP) is 3.70. The van der Waals surface area contributed by atoms with Gasteiger partial charge in [0.25, 0.3) is 0 Å². The van der Waals surface area contributed by atoms with Crippen molar-refractivity contribution in [2.45, 2.75) is 52.3 Å². The molecule has 0 aliphatic carbocycles. The van der Waals surface area contributed by atoms with E-state index in [-0.39, 0.29) is 17.9 Å². The van der Waals surface area contributed by atoms with Gasteiger partial charge in [-0.2, -0.15) is 0 Å². The second-order valence-electron chi connectivity index (χ2n) is 7.99. The normalized spacial score (nSPS) is 12.9. The van der Waals surface area contributed by atoms with E-state index in [9.17, 15) is 9.90 Å². The number of para-hydroxylation sites is 1. The summed E-state index contributed by atoms with van der Waals surface area (Å²) < 4.78 is 1.79. The topological polar surface area (TPSA) is 67.2 Å². The van der Waals surface area contributed by atoms with Gasteiger partial charge >= 0.3 is 0 Å². The Kier molecular flexibility index (Phi) is 5.33. The van der Waals surface area contributed by atoms with Gasteiger partial charge in [0.15, 0.2) is 0 Å². The van der Waals surface area contributed by atoms with E-state index in [2.05, 4.69) is 55.3 Å². The van der Waals surface area contributed by atoms with Gasteiger partial charge in [-0.25, -0.2) is 4.98 Å². The molecule has 1 amide bonds. The quantitative estimate of drug-likeness (QED) is 0.724. The molecule has 0 bridgehead atoms. The number of hydrogen-bond donors (Lipinski definition) is 2. The molecule has 27 heavy (non-hydrogen) atoms. The Morgan fingerprint density at radius 3 is 2.52 bits per heavy atom. The fourth-order valence-corrected chi connectivity index (χ4v) is 3.15. The summed E-state index contributed by atoms with van der Waals surface area (Å²) >= 11 is 0. The fraction of sp³-hybridized carbons (Fsp3) is 0.364. The van der Waals surface area contributed by atoms with Crippen molar-refractivity contribution in [1.82, 2.24) is 14.9 Å². The minimum Gasteiger partial charge on any atom is -0.389 e. The van der Waals surface area contributed by atoms with E-state index in [1.165, 1.54) is 5.56 Å². The van der Waals surface area contributed by atoms with Crippen LogP contribution in [0.4, 0.5) is 0 Å². The molecule has 1 unspecified atom stereocenters. The van der Waals surface area contributed by atoms with Crippen LogP contribution in [0, 0.1) is 0 Å². The molecule has 0 fully saturated rings. The van der Waals surface area contributed by atoms with Crippen LogP contribution in [0.3, 0.4) is 0 Å². The number of rotatable bonds is 5. The van der Waals surface area contributed by atoms with Crippen LogP contribution in [0.15, 0.2) is 48.8 Å². The lowest BCUT2D eigenvalue weighted by Crippen LogP contribution is -2.27. The number of fused-ring (bicyclic) bond motifs is 1. The van der Waals surface area contributed by atoms with Crippen molar-refractivity contribution in [3.8, 4) is 0 Å². The molecule has 1 atom stereocenters. The van der Waals surface area contributed by atoms with E-state index in [1.807, 2.05) is 18.2 Å². The number of hydrogen-bond acceptors (Lipinski definition) is 3. The number of imidazole rings is 1. The molecule has 0 aliphatic heterocycles. The smallest absolute Gasteiger partial charge is 0.240 e. The van der Waals surface area contributed by atoms with Crippen LogP contribution in [0.1, 0.15) is 50.5 Å². The van der Waals surface area contributed by atoms with Gasteiger partial charge in [0, 0.05) is 12.1 Å². The first-order valence-electron chi connectivity index (χ1n) is 9.23. The molecular weight excluding hydrogens is 338 g/mol. The Morgan fingerprint density at radius 1 is 1.19 bits per heavy atom. The van der Waals surface area contributed by atoms with Crippen molar-refractivity contribution in [3.63, 3.8) is 0 Å². The predicted molar refractivity (Wildman–Crippen MR) is 107 cm³/mol. The van der Waals surface area contributed by atoms with Crippen LogP contribution < -0.4 is 5.32 Å². The first-order valence-corrected chi connectivity index (χ1v) is 9.23. The lowest BCUT2D eigenvalue weighted by Gasteiger charge is -2.19. The number of nitrogens with zero attached hydrogens (tertiary/aromatic N) is 2. The van der Waals surface area contributed by atoms with Crippen molar-refractivity contribution in [3.05, 3.63) is 65.5 Å². The lowest BCUT2D eigenvalue weighted by atomic mass is 9.87. The van der Waals surface area contributed by atoms with E-state index < -0.39 is 6.10 Å². The van der Waals surface area contributed by atoms with E-state index >= 15 is 0 Å². The Labute approximate surface area is 160 Å². The van der Waals surface area contributed by atoms with E-state index in [0.29, 0.717) is 6.54 Å². The third-order valence-corrected chi connectivity index (χ3v) is 4.74. The Morgan fingerprint density at radius 2 is 1.89 bits per heavy atom. The Hall–Kier alpha value is -2.66. The molecule has 2 N–H and O–H groups in total. The first kappa shape index (κ1) is 19.1. The van der Waals surface area contributed by atoms with Crippen LogP contribution >= 0.6 is 0 Å². The minimum absolute atomic E-state index is 0.0883. The van der Waals surface area contributed by atoms with Gasteiger partial charge in [-0.1, -0.05) is 57.2 Å². The molecule has 0 saturated carbocycles. The molecule has 142 valence electrons. The first-order chi connectivity index (χ1) is 12.8. The molecule has 3 aromatic rings. The molecular formula is C22H27N3O2. The van der Waals surface area contributed by atoms with Crippen molar-refractivity contribution in [2.75, 3.05) is 0 Å². The summed E-state index contributed by atoms with van der Waals surface area (Å²) in [4.78, 5) is 16.8. The highest BCUT2D eigenvalue weighted by Crippen LogP contribution is 2.24. The minimum atomic E-state index is -0.617. The van der Waals surface area contributed by atoms with E-state index in [4.69, 9.17) is 0 Å². The Balaban J connectivity index is 1.67. The number of carbonyl (C=O) groups excluding carboxylic acids is 1. The summed E-state index contributed by atoms with van der Waals surface area (Å²) in [5.74, 6) is -0.0883. The van der Waals surface area contributed by atoms with Crippen molar-refractivity contribution in [1.29, 1.82) is 0 Å². The molecule has 1 heterocycles. The maximum atomic E-state index is 12.4. The number of amides is 1. The van der Waals surface area contributed by atoms with E-state index in [0.717, 1.165) is 22.2 Å². The number of nitrogens with one attached hydrogen (secondary N) is 1. The van der Waals surface area contributed by atoms with Crippen LogP contribution in [-0.2, 0) is 23.3 Å². The maximum Gasteiger partial charge on any atom is 0.240 e. The van der Waals surface area contributed by atoms with Crippen LogP contribution in [0.25, 0.3) is 11.0 Å². The maximum absolute atomic E-state index is 12.4. The van der Waals surface area contributed by atoms with Crippen LogP contribution in [-0.4, -0.2) is 20.6 Å². The monoisotopic (exact) mass is 365 g/mol. The van der Waals surface area contributed by atoms with E-state index in [1.54, 1.807) is 17.8 Å². The second kappa shape index (κ2) is 7.53. The number of carbonyl (C=O) groups is 1. The van der Waals surface area contributed by atoms with Gasteiger partial charge < -0.3 is 15.0 Å². The van der Waals surface area contributed by atoms with Gasteiger partial charge in [0.2, 0.25) is 5.91 Å². The van der Waals surface area contributed by atoms with Crippen molar-refractivity contribution < 1.29 is 9.90 Å². The average Bonchev–Trinajstić information content (AvgIpc) is 3.02. The molecule has 3 rings (SSSR count). The van der Waals surface area contributed by atoms with Gasteiger partial charge in [-0.15, -0.1) is 0 Å². The number of aliphatic hydroxyl groups excluding tert-OH is 1. The average molecular weight is 365 g/mol. The molecule has 0 aliphatic rings. The molecule has 0 radical (unpaired) electrons. The highest BCUT2D eigenvalue weighted by atomic mass is 16.3. The van der Waals surface area contributed by atoms with Crippen LogP contribution in [0.2, 0.25) is 0 Å². The summed E-state index contributed by atoms with van der Waals surface area (Å²) in [6, 6.07) is 13.9. The number of aliphatic hydroxyl groups is 1. The SMILES string of the molecule is CC(O)c1cccc2ncn(CC(=O)NCc3ccc(C(C)(C)C)cc3)c12. The zero-order chi connectivity index (χ0) is 19.6. The number of aromatic nitrogens is 2. The standard InChI is InChI=1S/C22H27N3O2/c1-15(26)18-6-5-7-19-21(18)25(14-24-19)13-20(27)23-12-16-8-10-17(11-9-16)22(2,3)4/h5-11,14-15,26H,12-13H2,1-4H3,(H,23,27). The highest BCUT2D eigenvalue weighted by molar-refractivity contribution is 5.82. The lowest BCUT2D eigenvalue weighted by molar-refractivity contribution is -0.121. The van der Waals surface area contributed by atoms with Crippen LogP contribution in [0.5, 0.6) is 0 Å². The van der Waals surface area contributed by atoms with Crippen molar-refractivity contribution in [2.24, 2.45) is 0 Å². The summed E-state index contributed by atoms with van der Waals surface area (Å²) in [7, 11) is 0. The summed E-state index contributed by atoms with van der Waals surface area (Å²) in [6.45, 7) is 8.91. The highest BCUT2D eigenvalue weighted by Gasteiger charge is 2.14. The fourth-order valence-electron chi connectivity index (χ4n) is 3.15. The molecule has 0 spiro atoms. The Bertz CT molecular complexity index is 934. The second-order valence-corrected chi connectivity index (χ2v) is 7.99. The largest absolute Gasteiger partial charge is 0.389 e. The third-order valence-electron chi connectivity index (χ3n) is 4.74. The zero-order valence-corrected chi connectivity index (χ0v) is 16.4. The zero-order valence-electron chi connectivity index (χ0n) is 16.4.